The fourth-order valence-corrected chi connectivity index (χ4v) is 4.52. The molecule has 3 rings (SSSR count). The summed E-state index contributed by atoms with van der Waals surface area (Å²) in [5.41, 5.74) is 3.20. The van der Waals surface area contributed by atoms with Gasteiger partial charge in [0.25, 0.3) is 5.69 Å². The van der Waals surface area contributed by atoms with Crippen LogP contribution in [0.1, 0.15) is 18.4 Å². The van der Waals surface area contributed by atoms with Crippen molar-refractivity contribution in [2.24, 2.45) is 5.10 Å². The van der Waals surface area contributed by atoms with Crippen LogP contribution in [0.5, 0.6) is 0 Å². The minimum Gasteiger partial charge on any atom is -0.272 e. The van der Waals surface area contributed by atoms with Gasteiger partial charge in [-0.2, -0.15) is 9.41 Å². The Morgan fingerprint density at radius 3 is 2.44 bits per heavy atom. The lowest BCUT2D eigenvalue weighted by Gasteiger charge is -2.15. The highest BCUT2D eigenvalue weighted by molar-refractivity contribution is 9.10. The van der Waals surface area contributed by atoms with Crippen LogP contribution in [0.4, 0.5) is 11.4 Å². The van der Waals surface area contributed by atoms with Gasteiger partial charge in [-0.05, 0) is 42.7 Å². The third kappa shape index (κ3) is 4.52. The van der Waals surface area contributed by atoms with Crippen LogP contribution >= 0.6 is 15.9 Å². The van der Waals surface area contributed by atoms with E-state index >= 15 is 0 Å². The van der Waals surface area contributed by atoms with Gasteiger partial charge in [-0.1, -0.05) is 28.1 Å². The molecule has 1 saturated heterocycles. The van der Waals surface area contributed by atoms with E-state index in [9.17, 15) is 18.5 Å². The molecule has 0 atom stereocenters. The van der Waals surface area contributed by atoms with Gasteiger partial charge in [-0.3, -0.25) is 15.5 Å². The molecule has 0 bridgehead atoms. The monoisotopic (exact) mass is 452 g/mol. The SMILES string of the molecule is O=[N+]([O-])c1cc(S(=O)(=O)N2CCCC2)ccc1N/N=C\c1ccc(Br)cc1. The zero-order chi connectivity index (χ0) is 19.4. The quantitative estimate of drug-likeness (QED) is 0.409. The lowest BCUT2D eigenvalue weighted by molar-refractivity contribution is -0.384. The summed E-state index contributed by atoms with van der Waals surface area (Å²) in [6.07, 6.45) is 3.11. The van der Waals surface area contributed by atoms with Crippen molar-refractivity contribution < 1.29 is 13.3 Å². The fraction of sp³-hybridized carbons (Fsp3) is 0.235. The minimum absolute atomic E-state index is 0.0847. The Kier molecular flexibility index (Phi) is 5.88. The molecule has 142 valence electrons. The molecule has 10 heteroatoms. The highest BCUT2D eigenvalue weighted by Crippen LogP contribution is 2.30. The zero-order valence-electron chi connectivity index (χ0n) is 14.2. The standard InChI is InChI=1S/C17H17BrN4O4S/c18-14-5-3-13(4-6-14)12-19-20-16-8-7-15(11-17(16)22(23)24)27(25,26)21-9-1-2-10-21/h3-8,11-12,20H,1-2,9-10H2/b19-12-. The molecule has 1 fully saturated rings. The summed E-state index contributed by atoms with van der Waals surface area (Å²) >= 11 is 3.34. The van der Waals surface area contributed by atoms with Crippen molar-refractivity contribution in [3.05, 3.63) is 62.6 Å². The number of nitrogens with one attached hydrogen (secondary N) is 1. The molecule has 2 aromatic carbocycles. The number of hydrogen-bond donors (Lipinski definition) is 1. The van der Waals surface area contributed by atoms with Crippen molar-refractivity contribution in [2.45, 2.75) is 17.7 Å². The lowest BCUT2D eigenvalue weighted by Crippen LogP contribution is -2.27. The zero-order valence-corrected chi connectivity index (χ0v) is 16.6. The molecule has 27 heavy (non-hydrogen) atoms. The second-order valence-corrected chi connectivity index (χ2v) is 8.82. The third-order valence-corrected chi connectivity index (χ3v) is 6.56. The molecule has 0 radical (unpaired) electrons. The van der Waals surface area contributed by atoms with Gasteiger partial charge in [-0.25, -0.2) is 8.42 Å². The maximum atomic E-state index is 12.6. The number of nitrogens with zero attached hydrogens (tertiary/aromatic N) is 3. The van der Waals surface area contributed by atoms with Gasteiger partial charge in [0, 0.05) is 23.6 Å². The van der Waals surface area contributed by atoms with Crippen molar-refractivity contribution >= 4 is 43.5 Å². The lowest BCUT2D eigenvalue weighted by atomic mass is 10.2. The van der Waals surface area contributed by atoms with E-state index in [0.29, 0.717) is 13.1 Å². The molecular formula is C17H17BrN4O4S. The van der Waals surface area contributed by atoms with E-state index in [1.165, 1.54) is 22.7 Å². The summed E-state index contributed by atoms with van der Waals surface area (Å²) in [6, 6.07) is 11.2. The molecule has 2 aromatic rings. The number of sulfonamides is 1. The van der Waals surface area contributed by atoms with E-state index in [4.69, 9.17) is 0 Å². The van der Waals surface area contributed by atoms with Crippen molar-refractivity contribution in [1.82, 2.24) is 4.31 Å². The minimum atomic E-state index is -3.72. The number of benzene rings is 2. The van der Waals surface area contributed by atoms with Gasteiger partial charge in [0.05, 0.1) is 16.0 Å². The smallest absolute Gasteiger partial charge is 0.272 e. The second kappa shape index (κ2) is 8.15. The Bertz CT molecular complexity index is 971. The van der Waals surface area contributed by atoms with E-state index in [-0.39, 0.29) is 16.3 Å². The average Bonchev–Trinajstić information content (AvgIpc) is 3.19. The van der Waals surface area contributed by atoms with E-state index in [2.05, 4.69) is 26.5 Å². The van der Waals surface area contributed by atoms with Crippen LogP contribution < -0.4 is 5.43 Å². The number of hydrogen-bond acceptors (Lipinski definition) is 6. The normalized spacial score (nSPS) is 15.3. The number of anilines is 1. The predicted molar refractivity (Wildman–Crippen MR) is 106 cm³/mol. The Morgan fingerprint density at radius 2 is 1.81 bits per heavy atom. The largest absolute Gasteiger partial charge is 0.295 e. The van der Waals surface area contributed by atoms with Gasteiger partial charge < -0.3 is 0 Å². The number of nitro groups is 1. The van der Waals surface area contributed by atoms with E-state index < -0.39 is 14.9 Å². The molecule has 1 N–H and O–H groups in total. The first-order valence-electron chi connectivity index (χ1n) is 8.21. The van der Waals surface area contributed by atoms with Crippen molar-refractivity contribution in [3.63, 3.8) is 0 Å². The summed E-state index contributed by atoms with van der Waals surface area (Å²) in [5, 5.41) is 15.4. The maximum Gasteiger partial charge on any atom is 0.295 e. The number of rotatable bonds is 6. The average molecular weight is 453 g/mol. The first-order valence-corrected chi connectivity index (χ1v) is 10.4. The summed E-state index contributed by atoms with van der Waals surface area (Å²) in [5.74, 6) is 0. The number of halogens is 1. The van der Waals surface area contributed by atoms with Crippen molar-refractivity contribution in [2.75, 3.05) is 18.5 Å². The Labute approximate surface area is 165 Å². The topological polar surface area (TPSA) is 105 Å². The Hall–Kier alpha value is -2.30. The summed E-state index contributed by atoms with van der Waals surface area (Å²) < 4.78 is 27.5. The molecule has 0 aromatic heterocycles. The van der Waals surface area contributed by atoms with Crippen LogP contribution in [0.3, 0.4) is 0 Å². The van der Waals surface area contributed by atoms with Gasteiger partial charge >= 0.3 is 0 Å². The van der Waals surface area contributed by atoms with E-state index in [0.717, 1.165) is 28.9 Å². The molecule has 0 amide bonds. The molecule has 1 aliphatic rings. The van der Waals surface area contributed by atoms with Crippen molar-refractivity contribution in [3.8, 4) is 0 Å². The van der Waals surface area contributed by atoms with Gasteiger partial charge in [0.15, 0.2) is 0 Å². The highest BCUT2D eigenvalue weighted by atomic mass is 79.9. The molecule has 0 aliphatic carbocycles. The number of hydrazone groups is 1. The van der Waals surface area contributed by atoms with Crippen LogP contribution in [0.2, 0.25) is 0 Å². The summed E-state index contributed by atoms with van der Waals surface area (Å²) in [4.78, 5) is 10.7. The summed E-state index contributed by atoms with van der Waals surface area (Å²) in [6.45, 7) is 0.876. The molecule has 0 saturated carbocycles. The van der Waals surface area contributed by atoms with Crippen molar-refractivity contribution in [1.29, 1.82) is 0 Å². The van der Waals surface area contributed by atoms with Gasteiger partial charge in [-0.15, -0.1) is 0 Å². The first-order chi connectivity index (χ1) is 12.9. The molecule has 0 unspecified atom stereocenters. The van der Waals surface area contributed by atoms with E-state index in [1.807, 2.05) is 24.3 Å². The Morgan fingerprint density at radius 1 is 1.15 bits per heavy atom. The first kappa shape index (κ1) is 19.5. The Balaban J connectivity index is 1.83. The molecule has 1 aliphatic heterocycles. The molecule has 8 nitrogen and oxygen atoms in total. The third-order valence-electron chi connectivity index (χ3n) is 4.14. The van der Waals surface area contributed by atoms with Gasteiger partial charge in [0.2, 0.25) is 10.0 Å². The number of nitro benzene ring substituents is 1. The predicted octanol–water partition coefficient (Wildman–Crippen LogP) is 3.59. The summed E-state index contributed by atoms with van der Waals surface area (Å²) in [7, 11) is -3.72. The van der Waals surface area contributed by atoms with Gasteiger partial charge in [0.1, 0.15) is 5.69 Å². The second-order valence-electron chi connectivity index (χ2n) is 5.97. The van der Waals surface area contributed by atoms with Crippen LogP contribution in [-0.2, 0) is 10.0 Å². The maximum absolute atomic E-state index is 12.6. The van der Waals surface area contributed by atoms with Crippen LogP contribution in [0.25, 0.3) is 0 Å². The van der Waals surface area contributed by atoms with Crippen LogP contribution in [0, 0.1) is 10.1 Å². The van der Waals surface area contributed by atoms with Crippen LogP contribution in [-0.4, -0.2) is 37.0 Å². The fourth-order valence-electron chi connectivity index (χ4n) is 2.72. The van der Waals surface area contributed by atoms with E-state index in [1.54, 1.807) is 0 Å². The molecular weight excluding hydrogens is 436 g/mol. The van der Waals surface area contributed by atoms with Crippen LogP contribution in [0.15, 0.2) is 56.9 Å². The highest BCUT2D eigenvalue weighted by Gasteiger charge is 2.29. The molecule has 0 spiro atoms. The molecule has 1 heterocycles.